The van der Waals surface area contributed by atoms with E-state index in [0.717, 1.165) is 37.3 Å². The third-order valence-electron chi connectivity index (χ3n) is 5.40. The summed E-state index contributed by atoms with van der Waals surface area (Å²) in [5, 5.41) is 3.25. The van der Waals surface area contributed by atoms with Gasteiger partial charge in [0, 0.05) is 65.3 Å². The van der Waals surface area contributed by atoms with Gasteiger partial charge in [-0.25, -0.2) is 8.42 Å². The Kier molecular flexibility index (Phi) is 6.52. The SMILES string of the molecule is Cc1ccc(C)c(S(=O)(=O)N2CCN(CCC(=O)N3CCNCC3)CC2)c1. The molecular formula is C19H30N4O3S. The highest BCUT2D eigenvalue weighted by Crippen LogP contribution is 2.22. The highest BCUT2D eigenvalue weighted by Gasteiger charge is 2.30. The molecule has 0 spiro atoms. The quantitative estimate of drug-likeness (QED) is 0.784. The number of hydrogen-bond donors (Lipinski definition) is 1. The summed E-state index contributed by atoms with van der Waals surface area (Å²) >= 11 is 0. The van der Waals surface area contributed by atoms with E-state index in [9.17, 15) is 13.2 Å². The fourth-order valence-corrected chi connectivity index (χ4v) is 5.38. The first-order valence-corrected chi connectivity index (χ1v) is 11.1. The van der Waals surface area contributed by atoms with Gasteiger partial charge in [0.2, 0.25) is 15.9 Å². The molecule has 2 saturated heterocycles. The van der Waals surface area contributed by atoms with Crippen LogP contribution in [0.1, 0.15) is 17.5 Å². The summed E-state index contributed by atoms with van der Waals surface area (Å²) in [6.07, 6.45) is 0.504. The number of carbonyl (C=O) groups is 1. The molecule has 2 aliphatic heterocycles. The number of amides is 1. The summed E-state index contributed by atoms with van der Waals surface area (Å²) in [6.45, 7) is 9.99. The average molecular weight is 395 g/mol. The van der Waals surface area contributed by atoms with Crippen LogP contribution in [-0.2, 0) is 14.8 Å². The average Bonchev–Trinajstić information content (AvgIpc) is 2.69. The Morgan fingerprint density at radius 3 is 2.37 bits per heavy atom. The molecule has 150 valence electrons. The molecule has 1 aromatic rings. The lowest BCUT2D eigenvalue weighted by atomic mass is 10.2. The molecule has 0 aromatic heterocycles. The van der Waals surface area contributed by atoms with Gasteiger partial charge in [-0.2, -0.15) is 4.31 Å². The number of nitrogens with one attached hydrogen (secondary N) is 1. The van der Waals surface area contributed by atoms with Gasteiger partial charge in [0.05, 0.1) is 4.90 Å². The highest BCUT2D eigenvalue weighted by molar-refractivity contribution is 7.89. The van der Waals surface area contributed by atoms with E-state index in [1.54, 1.807) is 10.4 Å². The molecule has 2 aliphatic rings. The maximum atomic E-state index is 13.0. The van der Waals surface area contributed by atoms with E-state index in [1.165, 1.54) is 0 Å². The molecule has 1 amide bonds. The van der Waals surface area contributed by atoms with E-state index >= 15 is 0 Å². The second-order valence-corrected chi connectivity index (χ2v) is 9.30. The summed E-state index contributed by atoms with van der Waals surface area (Å²) in [5.41, 5.74) is 1.73. The van der Waals surface area contributed by atoms with Crippen LogP contribution < -0.4 is 5.32 Å². The first-order valence-electron chi connectivity index (χ1n) is 9.66. The number of aryl methyl sites for hydroxylation is 2. The fraction of sp³-hybridized carbons (Fsp3) is 0.632. The highest BCUT2D eigenvalue weighted by atomic mass is 32.2. The van der Waals surface area contributed by atoms with Crippen LogP contribution in [0.2, 0.25) is 0 Å². The molecule has 2 heterocycles. The van der Waals surface area contributed by atoms with Gasteiger partial charge in [0.15, 0.2) is 0 Å². The summed E-state index contributed by atoms with van der Waals surface area (Å²) < 4.78 is 27.5. The van der Waals surface area contributed by atoms with Crippen molar-refractivity contribution in [3.8, 4) is 0 Å². The van der Waals surface area contributed by atoms with E-state index in [0.29, 0.717) is 44.0 Å². The summed E-state index contributed by atoms with van der Waals surface area (Å²) in [4.78, 5) is 16.8. The Hall–Kier alpha value is -1.48. The Labute approximate surface area is 162 Å². The molecule has 27 heavy (non-hydrogen) atoms. The molecular weight excluding hydrogens is 364 g/mol. The van der Waals surface area contributed by atoms with Crippen molar-refractivity contribution >= 4 is 15.9 Å². The van der Waals surface area contributed by atoms with Crippen molar-refractivity contribution in [2.45, 2.75) is 25.2 Å². The van der Waals surface area contributed by atoms with Gasteiger partial charge < -0.3 is 15.1 Å². The largest absolute Gasteiger partial charge is 0.340 e. The van der Waals surface area contributed by atoms with Crippen LogP contribution in [0.25, 0.3) is 0 Å². The second-order valence-electron chi connectivity index (χ2n) is 7.40. The molecule has 0 radical (unpaired) electrons. The third kappa shape index (κ3) is 4.87. The lowest BCUT2D eigenvalue weighted by molar-refractivity contribution is -0.132. The number of rotatable bonds is 5. The lowest BCUT2D eigenvalue weighted by Gasteiger charge is -2.34. The number of nitrogens with zero attached hydrogens (tertiary/aromatic N) is 3. The third-order valence-corrected chi connectivity index (χ3v) is 7.44. The molecule has 3 rings (SSSR count). The Bertz CT molecular complexity index is 767. The molecule has 1 N–H and O–H groups in total. The smallest absolute Gasteiger partial charge is 0.243 e. The molecule has 0 aliphatic carbocycles. The number of benzene rings is 1. The zero-order valence-electron chi connectivity index (χ0n) is 16.3. The van der Waals surface area contributed by atoms with Crippen molar-refractivity contribution in [3.63, 3.8) is 0 Å². The number of hydrogen-bond acceptors (Lipinski definition) is 5. The topological polar surface area (TPSA) is 73.0 Å². The Morgan fingerprint density at radius 2 is 1.70 bits per heavy atom. The molecule has 0 unspecified atom stereocenters. The zero-order valence-corrected chi connectivity index (χ0v) is 17.1. The number of piperazine rings is 2. The predicted molar refractivity (Wildman–Crippen MR) is 105 cm³/mol. The minimum absolute atomic E-state index is 0.196. The van der Waals surface area contributed by atoms with E-state index < -0.39 is 10.0 Å². The summed E-state index contributed by atoms with van der Waals surface area (Å²) in [5.74, 6) is 0.196. The summed E-state index contributed by atoms with van der Waals surface area (Å²) in [7, 11) is -3.46. The van der Waals surface area contributed by atoms with Crippen LogP contribution in [0.4, 0.5) is 0 Å². The molecule has 7 nitrogen and oxygen atoms in total. The lowest BCUT2D eigenvalue weighted by Crippen LogP contribution is -2.50. The Balaban J connectivity index is 1.52. The van der Waals surface area contributed by atoms with E-state index in [1.807, 2.05) is 30.9 Å². The minimum atomic E-state index is -3.46. The van der Waals surface area contributed by atoms with E-state index in [2.05, 4.69) is 10.2 Å². The van der Waals surface area contributed by atoms with Crippen LogP contribution in [-0.4, -0.2) is 87.3 Å². The number of carbonyl (C=O) groups excluding carboxylic acids is 1. The van der Waals surface area contributed by atoms with Gasteiger partial charge in [-0.3, -0.25) is 4.79 Å². The van der Waals surface area contributed by atoms with Gasteiger partial charge in [0.25, 0.3) is 0 Å². The molecule has 0 saturated carbocycles. The molecule has 0 bridgehead atoms. The van der Waals surface area contributed by atoms with Gasteiger partial charge in [-0.1, -0.05) is 12.1 Å². The molecule has 0 atom stereocenters. The van der Waals surface area contributed by atoms with Gasteiger partial charge >= 0.3 is 0 Å². The van der Waals surface area contributed by atoms with Crippen molar-refractivity contribution in [2.24, 2.45) is 0 Å². The van der Waals surface area contributed by atoms with Gasteiger partial charge in [-0.15, -0.1) is 0 Å². The van der Waals surface area contributed by atoms with Gasteiger partial charge in [-0.05, 0) is 31.0 Å². The molecule has 1 aromatic carbocycles. The van der Waals surface area contributed by atoms with Gasteiger partial charge in [0.1, 0.15) is 0 Å². The van der Waals surface area contributed by atoms with Crippen molar-refractivity contribution in [3.05, 3.63) is 29.3 Å². The van der Waals surface area contributed by atoms with E-state index in [4.69, 9.17) is 0 Å². The minimum Gasteiger partial charge on any atom is -0.340 e. The predicted octanol–water partition coefficient (Wildman–Crippen LogP) is 0.432. The normalized spacial score (nSPS) is 20.0. The van der Waals surface area contributed by atoms with Crippen LogP contribution in [0.5, 0.6) is 0 Å². The molecule has 8 heteroatoms. The monoisotopic (exact) mass is 394 g/mol. The van der Waals surface area contributed by atoms with Crippen molar-refractivity contribution in [1.82, 2.24) is 19.4 Å². The fourth-order valence-electron chi connectivity index (χ4n) is 3.64. The van der Waals surface area contributed by atoms with Crippen molar-refractivity contribution < 1.29 is 13.2 Å². The second kappa shape index (κ2) is 8.68. The van der Waals surface area contributed by atoms with Crippen LogP contribution in [0.15, 0.2) is 23.1 Å². The van der Waals surface area contributed by atoms with Crippen LogP contribution in [0.3, 0.4) is 0 Å². The zero-order chi connectivity index (χ0) is 19.4. The molecule has 2 fully saturated rings. The van der Waals surface area contributed by atoms with Crippen LogP contribution in [0, 0.1) is 13.8 Å². The van der Waals surface area contributed by atoms with Crippen LogP contribution >= 0.6 is 0 Å². The maximum absolute atomic E-state index is 13.0. The number of sulfonamides is 1. The van der Waals surface area contributed by atoms with E-state index in [-0.39, 0.29) is 5.91 Å². The maximum Gasteiger partial charge on any atom is 0.243 e. The van der Waals surface area contributed by atoms with Crippen molar-refractivity contribution in [2.75, 3.05) is 58.9 Å². The summed E-state index contributed by atoms with van der Waals surface area (Å²) in [6, 6.07) is 5.55. The Morgan fingerprint density at radius 1 is 1.04 bits per heavy atom. The first-order chi connectivity index (χ1) is 12.9. The first kappa shape index (κ1) is 20.3. The standard InChI is InChI=1S/C19H30N4O3S/c1-16-3-4-17(2)18(15-16)27(25,26)23-13-11-21(12-14-23)8-5-19(24)22-9-6-20-7-10-22/h3-4,15,20H,5-14H2,1-2H3. The van der Waals surface area contributed by atoms with Crippen molar-refractivity contribution in [1.29, 1.82) is 0 Å².